The highest BCUT2D eigenvalue weighted by Crippen LogP contribution is 2.25. The quantitative estimate of drug-likeness (QED) is 0.491. The van der Waals surface area contributed by atoms with Gasteiger partial charge in [0.1, 0.15) is 5.71 Å². The molecule has 124 valence electrons. The minimum Gasteiger partial charge on any atom is -0.481 e. The molecule has 0 aromatic carbocycles. The Morgan fingerprint density at radius 1 is 1.36 bits per heavy atom. The van der Waals surface area contributed by atoms with Crippen LogP contribution >= 0.6 is 0 Å². The zero-order chi connectivity index (χ0) is 16.8. The van der Waals surface area contributed by atoms with Crippen LogP contribution in [0, 0.1) is 5.41 Å². The fraction of sp³-hybridized carbons (Fsp3) is 0.692. The third-order valence-corrected chi connectivity index (χ3v) is 3.90. The summed E-state index contributed by atoms with van der Waals surface area (Å²) >= 11 is 0. The van der Waals surface area contributed by atoms with E-state index in [1.54, 1.807) is 13.8 Å². The first-order chi connectivity index (χ1) is 10.3. The van der Waals surface area contributed by atoms with Gasteiger partial charge in [-0.25, -0.2) is 4.79 Å². The van der Waals surface area contributed by atoms with Gasteiger partial charge in [0.15, 0.2) is 6.10 Å². The van der Waals surface area contributed by atoms with Crippen molar-refractivity contribution in [2.75, 3.05) is 13.1 Å². The molecule has 3 amide bonds. The number of carboxylic acids is 1. The summed E-state index contributed by atoms with van der Waals surface area (Å²) in [5, 5.41) is 17.9. The normalized spacial score (nSPS) is 17.4. The van der Waals surface area contributed by atoms with Gasteiger partial charge in [-0.1, -0.05) is 19.0 Å². The maximum atomic E-state index is 11.7. The third-order valence-electron chi connectivity index (χ3n) is 3.90. The summed E-state index contributed by atoms with van der Waals surface area (Å²) in [5.74, 6) is -1.58. The van der Waals surface area contributed by atoms with E-state index in [0.717, 1.165) is 0 Å². The lowest BCUT2D eigenvalue weighted by molar-refractivity contribution is -0.149. The van der Waals surface area contributed by atoms with Crippen molar-refractivity contribution < 1.29 is 24.3 Å². The van der Waals surface area contributed by atoms with E-state index in [1.165, 1.54) is 0 Å². The molecule has 9 nitrogen and oxygen atoms in total. The van der Waals surface area contributed by atoms with Crippen LogP contribution in [0.5, 0.6) is 0 Å². The van der Waals surface area contributed by atoms with Crippen LogP contribution in [-0.4, -0.2) is 47.9 Å². The number of rotatable bonds is 8. The first kappa shape index (κ1) is 17.7. The lowest BCUT2D eigenvalue weighted by Gasteiger charge is -2.26. The van der Waals surface area contributed by atoms with E-state index in [4.69, 9.17) is 10.6 Å². The van der Waals surface area contributed by atoms with Crippen LogP contribution in [0.3, 0.4) is 0 Å². The van der Waals surface area contributed by atoms with Crippen molar-refractivity contribution in [1.82, 2.24) is 10.6 Å². The zero-order valence-corrected chi connectivity index (χ0v) is 12.7. The van der Waals surface area contributed by atoms with Crippen LogP contribution in [0.2, 0.25) is 0 Å². The summed E-state index contributed by atoms with van der Waals surface area (Å²) in [6.07, 6.45) is 0.620. The van der Waals surface area contributed by atoms with Gasteiger partial charge < -0.3 is 26.3 Å². The number of urea groups is 1. The largest absolute Gasteiger partial charge is 0.481 e. The molecule has 0 spiro atoms. The Morgan fingerprint density at radius 3 is 2.45 bits per heavy atom. The van der Waals surface area contributed by atoms with Crippen LogP contribution in [0.4, 0.5) is 4.79 Å². The number of carbonyl (C=O) groups is 3. The highest BCUT2D eigenvalue weighted by molar-refractivity contribution is 6.38. The van der Waals surface area contributed by atoms with E-state index in [-0.39, 0.29) is 25.2 Å². The molecule has 0 aliphatic carbocycles. The Balaban J connectivity index is 2.36. The smallest absolute Gasteiger partial charge is 0.314 e. The van der Waals surface area contributed by atoms with Gasteiger partial charge in [0, 0.05) is 13.0 Å². The molecule has 5 N–H and O–H groups in total. The molecule has 1 rings (SSSR count). The summed E-state index contributed by atoms with van der Waals surface area (Å²) in [5.41, 5.74) is 4.23. The predicted octanol–water partition coefficient (Wildman–Crippen LogP) is -0.193. The topological polar surface area (TPSA) is 143 Å². The molecule has 9 heteroatoms. The van der Waals surface area contributed by atoms with E-state index < -0.39 is 29.4 Å². The van der Waals surface area contributed by atoms with Gasteiger partial charge in [-0.15, -0.1) is 0 Å². The standard InChI is InChI=1S/C13H22N4O5/c1-3-13(4-2,11(19)20)7-16-12(21)15-6-8-5-9(10(14)18)17-22-8/h8H,3-7H2,1-2H3,(H2,14,18)(H,19,20)(H2,15,16,21). The number of carboxylic acid groups (broad SMARTS) is 1. The van der Waals surface area contributed by atoms with Crippen LogP contribution in [0.25, 0.3) is 0 Å². The number of carbonyl (C=O) groups excluding carboxylic acids is 2. The Kier molecular flexibility index (Phi) is 6.14. The maximum Gasteiger partial charge on any atom is 0.314 e. The van der Waals surface area contributed by atoms with Crippen LogP contribution in [-0.2, 0) is 14.4 Å². The Bertz CT molecular complexity index is 473. The maximum absolute atomic E-state index is 11.7. The van der Waals surface area contributed by atoms with E-state index >= 15 is 0 Å². The summed E-state index contributed by atoms with van der Waals surface area (Å²) in [4.78, 5) is 38.9. The summed E-state index contributed by atoms with van der Waals surface area (Å²) in [6.45, 7) is 3.72. The number of oxime groups is 1. The first-order valence-electron chi connectivity index (χ1n) is 7.12. The lowest BCUT2D eigenvalue weighted by Crippen LogP contribution is -2.47. The molecule has 1 heterocycles. The monoisotopic (exact) mass is 314 g/mol. The molecule has 1 aliphatic heterocycles. The second-order valence-corrected chi connectivity index (χ2v) is 5.19. The summed E-state index contributed by atoms with van der Waals surface area (Å²) in [6, 6.07) is -0.497. The number of nitrogens with two attached hydrogens (primary N) is 1. The van der Waals surface area contributed by atoms with Crippen molar-refractivity contribution in [2.24, 2.45) is 16.3 Å². The van der Waals surface area contributed by atoms with E-state index in [0.29, 0.717) is 12.8 Å². The molecule has 0 bridgehead atoms. The van der Waals surface area contributed by atoms with Gasteiger partial charge in [-0.05, 0) is 12.8 Å². The highest BCUT2D eigenvalue weighted by Gasteiger charge is 2.35. The number of nitrogens with zero attached hydrogens (tertiary/aromatic N) is 1. The molecule has 0 saturated carbocycles. The van der Waals surface area contributed by atoms with Gasteiger partial charge in [-0.3, -0.25) is 9.59 Å². The minimum absolute atomic E-state index is 0.0374. The molecule has 0 fully saturated rings. The molecule has 1 unspecified atom stereocenters. The highest BCUT2D eigenvalue weighted by atomic mass is 16.6. The molecule has 1 atom stereocenters. The fourth-order valence-electron chi connectivity index (χ4n) is 2.08. The van der Waals surface area contributed by atoms with Crippen LogP contribution in [0.1, 0.15) is 33.1 Å². The molecule has 0 radical (unpaired) electrons. The van der Waals surface area contributed by atoms with Gasteiger partial charge >= 0.3 is 12.0 Å². The van der Waals surface area contributed by atoms with Gasteiger partial charge in [0.05, 0.1) is 12.0 Å². The number of hydrogen-bond donors (Lipinski definition) is 4. The molecular formula is C13H22N4O5. The predicted molar refractivity (Wildman–Crippen MR) is 78.2 cm³/mol. The number of hydrogen-bond acceptors (Lipinski definition) is 5. The molecule has 0 saturated heterocycles. The van der Waals surface area contributed by atoms with Crippen LogP contribution in [0.15, 0.2) is 5.16 Å². The second-order valence-electron chi connectivity index (χ2n) is 5.19. The molecule has 1 aliphatic rings. The van der Waals surface area contributed by atoms with Crippen molar-refractivity contribution in [2.45, 2.75) is 39.2 Å². The van der Waals surface area contributed by atoms with Crippen molar-refractivity contribution in [3.8, 4) is 0 Å². The van der Waals surface area contributed by atoms with Crippen molar-refractivity contribution in [1.29, 1.82) is 0 Å². The number of primary amides is 1. The Hall–Kier alpha value is -2.32. The summed E-state index contributed by atoms with van der Waals surface area (Å²) < 4.78 is 0. The lowest BCUT2D eigenvalue weighted by atomic mass is 9.82. The van der Waals surface area contributed by atoms with Crippen molar-refractivity contribution in [3.63, 3.8) is 0 Å². The van der Waals surface area contributed by atoms with E-state index in [9.17, 15) is 19.5 Å². The van der Waals surface area contributed by atoms with Gasteiger partial charge in [0.2, 0.25) is 0 Å². The Morgan fingerprint density at radius 2 is 2.00 bits per heavy atom. The molecule has 0 aromatic heterocycles. The van der Waals surface area contributed by atoms with Crippen LogP contribution < -0.4 is 16.4 Å². The third kappa shape index (κ3) is 4.34. The number of amides is 3. The molecule has 0 aromatic rings. The number of aliphatic carboxylic acids is 1. The van der Waals surface area contributed by atoms with Crippen molar-refractivity contribution >= 4 is 23.6 Å². The fourth-order valence-corrected chi connectivity index (χ4v) is 2.08. The SMILES string of the molecule is CCC(CC)(CNC(=O)NCC1CC(C(N)=O)=NO1)C(=O)O. The second kappa shape index (κ2) is 7.62. The average molecular weight is 314 g/mol. The molecular weight excluding hydrogens is 292 g/mol. The Labute approximate surface area is 128 Å². The molecule has 22 heavy (non-hydrogen) atoms. The first-order valence-corrected chi connectivity index (χ1v) is 7.12. The van der Waals surface area contributed by atoms with Crippen molar-refractivity contribution in [3.05, 3.63) is 0 Å². The van der Waals surface area contributed by atoms with Gasteiger partial charge in [-0.2, -0.15) is 0 Å². The average Bonchev–Trinajstić information content (AvgIpc) is 2.95. The summed E-state index contributed by atoms with van der Waals surface area (Å²) in [7, 11) is 0. The van der Waals surface area contributed by atoms with Gasteiger partial charge in [0.25, 0.3) is 5.91 Å². The van der Waals surface area contributed by atoms with E-state index in [2.05, 4.69) is 15.8 Å². The minimum atomic E-state index is -0.969. The van der Waals surface area contributed by atoms with E-state index in [1.807, 2.05) is 0 Å². The zero-order valence-electron chi connectivity index (χ0n) is 12.7. The number of nitrogens with one attached hydrogen (secondary N) is 2.